The second kappa shape index (κ2) is 4.83. The van der Waals surface area contributed by atoms with Crippen LogP contribution in [0.3, 0.4) is 0 Å². The van der Waals surface area contributed by atoms with Gasteiger partial charge in [-0.1, -0.05) is 0 Å². The van der Waals surface area contributed by atoms with E-state index < -0.39 is 0 Å². The molecule has 0 fully saturated rings. The molecule has 0 spiro atoms. The molecule has 0 aromatic carbocycles. The van der Waals surface area contributed by atoms with E-state index in [2.05, 4.69) is 15.3 Å². The molecule has 0 amide bonds. The van der Waals surface area contributed by atoms with Crippen LogP contribution in [-0.4, -0.2) is 23.6 Å². The zero-order chi connectivity index (χ0) is 8.81. The third kappa shape index (κ3) is 2.96. The standard InChI is InChI=1S/C9H15N3/c1-8-5-7-11-9(12-8)4-3-6-10-2/h5,7,10H,3-4,6H2,1-2H3. The molecule has 1 rings (SSSR count). The molecule has 1 N–H and O–H groups in total. The van der Waals surface area contributed by atoms with Gasteiger partial charge in [0, 0.05) is 18.3 Å². The molecule has 0 aliphatic rings. The molecule has 0 bridgehead atoms. The number of rotatable bonds is 4. The van der Waals surface area contributed by atoms with Crippen LogP contribution in [0.25, 0.3) is 0 Å². The quantitative estimate of drug-likeness (QED) is 0.675. The molecular weight excluding hydrogens is 150 g/mol. The van der Waals surface area contributed by atoms with Crippen molar-refractivity contribution in [3.05, 3.63) is 23.8 Å². The average Bonchev–Trinajstić information content (AvgIpc) is 2.05. The zero-order valence-corrected chi connectivity index (χ0v) is 7.67. The van der Waals surface area contributed by atoms with E-state index in [0.717, 1.165) is 30.9 Å². The van der Waals surface area contributed by atoms with Crippen LogP contribution >= 0.6 is 0 Å². The van der Waals surface area contributed by atoms with Gasteiger partial charge < -0.3 is 5.32 Å². The summed E-state index contributed by atoms with van der Waals surface area (Å²) in [6, 6.07) is 1.92. The Morgan fingerprint density at radius 2 is 2.33 bits per heavy atom. The van der Waals surface area contributed by atoms with Gasteiger partial charge in [0.25, 0.3) is 0 Å². The number of hydrogen-bond acceptors (Lipinski definition) is 3. The van der Waals surface area contributed by atoms with E-state index >= 15 is 0 Å². The molecule has 66 valence electrons. The van der Waals surface area contributed by atoms with Gasteiger partial charge in [-0.15, -0.1) is 0 Å². The molecule has 0 aliphatic carbocycles. The molecule has 0 radical (unpaired) electrons. The van der Waals surface area contributed by atoms with Crippen LogP contribution in [0, 0.1) is 6.92 Å². The third-order valence-corrected chi connectivity index (χ3v) is 1.67. The predicted molar refractivity (Wildman–Crippen MR) is 49.0 cm³/mol. The predicted octanol–water partition coefficient (Wildman–Crippen LogP) is 0.937. The number of hydrogen-bond donors (Lipinski definition) is 1. The molecule has 0 unspecified atom stereocenters. The molecule has 1 aromatic heterocycles. The Hall–Kier alpha value is -0.960. The second-order valence-electron chi connectivity index (χ2n) is 2.82. The summed E-state index contributed by atoms with van der Waals surface area (Å²) in [6.07, 6.45) is 3.87. The topological polar surface area (TPSA) is 37.8 Å². The Morgan fingerprint density at radius 3 is 3.00 bits per heavy atom. The Balaban J connectivity index is 2.41. The van der Waals surface area contributed by atoms with E-state index in [1.54, 1.807) is 0 Å². The van der Waals surface area contributed by atoms with E-state index in [-0.39, 0.29) is 0 Å². The highest BCUT2D eigenvalue weighted by atomic mass is 14.9. The fraction of sp³-hybridized carbons (Fsp3) is 0.556. The fourth-order valence-corrected chi connectivity index (χ4v) is 1.04. The minimum atomic E-state index is 0.949. The lowest BCUT2D eigenvalue weighted by Crippen LogP contribution is -2.09. The van der Waals surface area contributed by atoms with Gasteiger partial charge in [-0.05, 0) is 33.0 Å². The highest BCUT2D eigenvalue weighted by molar-refractivity contribution is 4.99. The summed E-state index contributed by atoms with van der Waals surface area (Å²) in [7, 11) is 1.96. The van der Waals surface area contributed by atoms with Crippen LogP contribution in [0.5, 0.6) is 0 Å². The summed E-state index contributed by atoms with van der Waals surface area (Å²) in [6.45, 7) is 3.01. The maximum absolute atomic E-state index is 4.31. The average molecular weight is 165 g/mol. The Morgan fingerprint density at radius 1 is 1.50 bits per heavy atom. The van der Waals surface area contributed by atoms with Crippen molar-refractivity contribution < 1.29 is 0 Å². The van der Waals surface area contributed by atoms with Crippen LogP contribution in [0.1, 0.15) is 17.9 Å². The molecule has 0 aliphatic heterocycles. The van der Waals surface area contributed by atoms with Crippen LogP contribution in [-0.2, 0) is 6.42 Å². The molecule has 3 heteroatoms. The lowest BCUT2D eigenvalue weighted by atomic mass is 10.3. The summed E-state index contributed by atoms with van der Waals surface area (Å²) in [5, 5.41) is 3.10. The van der Waals surface area contributed by atoms with Gasteiger partial charge in [0.1, 0.15) is 5.82 Å². The monoisotopic (exact) mass is 165 g/mol. The van der Waals surface area contributed by atoms with Crippen molar-refractivity contribution >= 4 is 0 Å². The molecule has 0 atom stereocenters. The van der Waals surface area contributed by atoms with Gasteiger partial charge in [-0.25, -0.2) is 9.97 Å². The van der Waals surface area contributed by atoms with Gasteiger partial charge in [-0.3, -0.25) is 0 Å². The van der Waals surface area contributed by atoms with Crippen molar-refractivity contribution in [1.29, 1.82) is 0 Å². The van der Waals surface area contributed by atoms with Crippen LogP contribution in [0.2, 0.25) is 0 Å². The molecule has 0 saturated carbocycles. The van der Waals surface area contributed by atoms with Crippen molar-refractivity contribution in [2.24, 2.45) is 0 Å². The van der Waals surface area contributed by atoms with E-state index in [1.165, 1.54) is 0 Å². The third-order valence-electron chi connectivity index (χ3n) is 1.67. The van der Waals surface area contributed by atoms with Crippen molar-refractivity contribution in [1.82, 2.24) is 15.3 Å². The van der Waals surface area contributed by atoms with Crippen molar-refractivity contribution in [3.8, 4) is 0 Å². The number of aromatic nitrogens is 2. The van der Waals surface area contributed by atoms with Crippen molar-refractivity contribution in [2.75, 3.05) is 13.6 Å². The van der Waals surface area contributed by atoms with Gasteiger partial charge in [0.05, 0.1) is 0 Å². The Labute approximate surface area is 73.2 Å². The Kier molecular flexibility index (Phi) is 3.67. The van der Waals surface area contributed by atoms with E-state index in [1.807, 2.05) is 26.2 Å². The summed E-state index contributed by atoms with van der Waals surface area (Å²) >= 11 is 0. The second-order valence-corrected chi connectivity index (χ2v) is 2.82. The molecule has 12 heavy (non-hydrogen) atoms. The summed E-state index contributed by atoms with van der Waals surface area (Å²) in [5.41, 5.74) is 1.05. The Bertz CT molecular complexity index is 235. The van der Waals surface area contributed by atoms with Crippen LogP contribution in [0.15, 0.2) is 12.3 Å². The van der Waals surface area contributed by atoms with Gasteiger partial charge in [0.2, 0.25) is 0 Å². The maximum atomic E-state index is 4.31. The first-order chi connectivity index (χ1) is 5.83. The van der Waals surface area contributed by atoms with Gasteiger partial charge in [-0.2, -0.15) is 0 Å². The van der Waals surface area contributed by atoms with Crippen LogP contribution in [0.4, 0.5) is 0 Å². The summed E-state index contributed by atoms with van der Waals surface area (Å²) in [5.74, 6) is 0.949. The normalized spacial score (nSPS) is 10.2. The first-order valence-corrected chi connectivity index (χ1v) is 4.26. The highest BCUT2D eigenvalue weighted by Crippen LogP contribution is 1.96. The largest absolute Gasteiger partial charge is 0.320 e. The molecule has 1 aromatic rings. The van der Waals surface area contributed by atoms with Crippen LogP contribution < -0.4 is 5.32 Å². The van der Waals surface area contributed by atoms with Crippen molar-refractivity contribution in [3.63, 3.8) is 0 Å². The van der Waals surface area contributed by atoms with Gasteiger partial charge in [0.15, 0.2) is 0 Å². The van der Waals surface area contributed by atoms with Crippen molar-refractivity contribution in [2.45, 2.75) is 19.8 Å². The highest BCUT2D eigenvalue weighted by Gasteiger charge is 1.94. The number of nitrogens with one attached hydrogen (secondary N) is 1. The van der Waals surface area contributed by atoms with E-state index in [9.17, 15) is 0 Å². The summed E-state index contributed by atoms with van der Waals surface area (Å²) < 4.78 is 0. The number of aryl methyl sites for hydroxylation is 2. The first-order valence-electron chi connectivity index (χ1n) is 4.26. The van der Waals surface area contributed by atoms with E-state index in [4.69, 9.17) is 0 Å². The number of nitrogens with zero attached hydrogens (tertiary/aromatic N) is 2. The lowest BCUT2D eigenvalue weighted by Gasteiger charge is -1.99. The first kappa shape index (κ1) is 9.13. The molecule has 1 heterocycles. The zero-order valence-electron chi connectivity index (χ0n) is 7.67. The lowest BCUT2D eigenvalue weighted by molar-refractivity contribution is 0.700. The molecule has 0 saturated heterocycles. The van der Waals surface area contributed by atoms with E-state index in [0.29, 0.717) is 0 Å². The fourth-order valence-electron chi connectivity index (χ4n) is 1.04. The minimum absolute atomic E-state index is 0.949. The molecular formula is C9H15N3. The molecule has 3 nitrogen and oxygen atoms in total. The minimum Gasteiger partial charge on any atom is -0.320 e. The SMILES string of the molecule is CNCCCc1nccc(C)n1. The smallest absolute Gasteiger partial charge is 0.128 e. The summed E-state index contributed by atoms with van der Waals surface area (Å²) in [4.78, 5) is 8.48. The van der Waals surface area contributed by atoms with Gasteiger partial charge >= 0.3 is 0 Å². The maximum Gasteiger partial charge on any atom is 0.128 e.